The highest BCUT2D eigenvalue weighted by atomic mass is 35.5. The molecule has 0 spiro atoms. The number of carbonyl (C=O) groups is 1. The molecule has 1 amide bonds. The summed E-state index contributed by atoms with van der Waals surface area (Å²) in [5, 5.41) is 15.3. The fourth-order valence-corrected chi connectivity index (χ4v) is 4.72. The third-order valence-electron chi connectivity index (χ3n) is 5.50. The fourth-order valence-electron chi connectivity index (χ4n) is 3.76. The van der Waals surface area contributed by atoms with Crippen LogP contribution in [0.1, 0.15) is 16.1 Å². The van der Waals surface area contributed by atoms with Crippen molar-refractivity contribution in [3.05, 3.63) is 88.5 Å². The van der Waals surface area contributed by atoms with Crippen LogP contribution in [-0.4, -0.2) is 35.3 Å². The highest BCUT2D eigenvalue weighted by molar-refractivity contribution is 7.15. The monoisotopic (exact) mass is 485 g/mol. The molecule has 166 valence electrons. The van der Waals surface area contributed by atoms with Gasteiger partial charge in [-0.1, -0.05) is 41.9 Å². The van der Waals surface area contributed by atoms with Crippen molar-refractivity contribution >= 4 is 50.7 Å². The minimum absolute atomic E-state index is 0.225. The first kappa shape index (κ1) is 20.5. The van der Waals surface area contributed by atoms with E-state index in [2.05, 4.69) is 25.5 Å². The summed E-state index contributed by atoms with van der Waals surface area (Å²) in [6, 6.07) is 19.2. The summed E-state index contributed by atoms with van der Waals surface area (Å²) in [4.78, 5) is 22.8. The van der Waals surface area contributed by atoms with Crippen LogP contribution in [0.25, 0.3) is 32.9 Å². The summed E-state index contributed by atoms with van der Waals surface area (Å²) in [6.45, 7) is 1.83. The minimum atomic E-state index is -0.337. The second kappa shape index (κ2) is 8.05. The third-order valence-corrected chi connectivity index (χ3v) is 6.57. The van der Waals surface area contributed by atoms with Gasteiger partial charge in [-0.15, -0.1) is 16.4 Å². The fraction of sp³-hybridized carbons (Fsp3) is 0.0417. The molecule has 4 heterocycles. The van der Waals surface area contributed by atoms with Gasteiger partial charge in [-0.05, 0) is 37.3 Å². The van der Waals surface area contributed by atoms with Gasteiger partial charge in [0.25, 0.3) is 11.9 Å². The van der Waals surface area contributed by atoms with E-state index in [4.69, 9.17) is 11.6 Å². The second-order valence-corrected chi connectivity index (χ2v) is 8.90. The molecule has 0 fully saturated rings. The van der Waals surface area contributed by atoms with Crippen LogP contribution in [0.3, 0.4) is 0 Å². The Morgan fingerprint density at radius 3 is 2.71 bits per heavy atom. The van der Waals surface area contributed by atoms with E-state index in [0.29, 0.717) is 27.1 Å². The number of amides is 1. The van der Waals surface area contributed by atoms with E-state index >= 15 is 0 Å². The highest BCUT2D eigenvalue weighted by Gasteiger charge is 2.19. The molecule has 0 aliphatic heterocycles. The van der Waals surface area contributed by atoms with Gasteiger partial charge in [-0.2, -0.15) is 10.1 Å². The Labute approximate surface area is 202 Å². The van der Waals surface area contributed by atoms with Gasteiger partial charge in [0.15, 0.2) is 5.82 Å². The number of hydrogen-bond donors (Lipinski definition) is 1. The Morgan fingerprint density at radius 1 is 1.03 bits per heavy atom. The SMILES string of the molecule is Cc1c(C(=O)Nc2nc3scc(-c4ccc(Cl)cc4)n3n2)cnn1-c1ccc2ccccc2n1. The lowest BCUT2D eigenvalue weighted by molar-refractivity contribution is 0.102. The second-order valence-electron chi connectivity index (χ2n) is 7.63. The number of thiazole rings is 1. The number of fused-ring (bicyclic) bond motifs is 2. The van der Waals surface area contributed by atoms with E-state index in [9.17, 15) is 4.79 Å². The lowest BCUT2D eigenvalue weighted by Gasteiger charge is -2.06. The first-order chi connectivity index (χ1) is 16.6. The van der Waals surface area contributed by atoms with Crippen LogP contribution in [0, 0.1) is 6.92 Å². The molecule has 0 atom stereocenters. The van der Waals surface area contributed by atoms with E-state index in [-0.39, 0.29) is 11.9 Å². The van der Waals surface area contributed by atoms with Crippen LogP contribution in [0.4, 0.5) is 5.95 Å². The highest BCUT2D eigenvalue weighted by Crippen LogP contribution is 2.27. The first-order valence-corrected chi connectivity index (χ1v) is 11.6. The first-order valence-electron chi connectivity index (χ1n) is 10.4. The number of halogens is 1. The summed E-state index contributed by atoms with van der Waals surface area (Å²) >= 11 is 7.44. The van der Waals surface area contributed by atoms with Gasteiger partial charge in [-0.3, -0.25) is 10.1 Å². The molecule has 1 N–H and O–H groups in total. The van der Waals surface area contributed by atoms with Crippen molar-refractivity contribution in [3.63, 3.8) is 0 Å². The van der Waals surface area contributed by atoms with Crippen molar-refractivity contribution in [2.75, 3.05) is 5.32 Å². The van der Waals surface area contributed by atoms with Crippen molar-refractivity contribution in [2.24, 2.45) is 0 Å². The van der Waals surface area contributed by atoms with Gasteiger partial charge < -0.3 is 0 Å². The number of nitrogens with one attached hydrogen (secondary N) is 1. The molecule has 0 aliphatic rings. The van der Waals surface area contributed by atoms with Gasteiger partial charge in [0.2, 0.25) is 4.96 Å². The van der Waals surface area contributed by atoms with Crippen molar-refractivity contribution in [2.45, 2.75) is 6.92 Å². The molecule has 10 heteroatoms. The van der Waals surface area contributed by atoms with Gasteiger partial charge in [0, 0.05) is 21.4 Å². The van der Waals surface area contributed by atoms with Crippen LogP contribution in [-0.2, 0) is 0 Å². The summed E-state index contributed by atoms with van der Waals surface area (Å²) in [5.74, 6) is 0.530. The van der Waals surface area contributed by atoms with Crippen molar-refractivity contribution < 1.29 is 4.79 Å². The van der Waals surface area contributed by atoms with Crippen LogP contribution < -0.4 is 5.32 Å². The summed E-state index contributed by atoms with van der Waals surface area (Å²) < 4.78 is 3.36. The molecule has 0 radical (unpaired) electrons. The molecule has 2 aromatic carbocycles. The summed E-state index contributed by atoms with van der Waals surface area (Å²) in [6.07, 6.45) is 1.53. The van der Waals surface area contributed by atoms with E-state index < -0.39 is 0 Å². The normalized spacial score (nSPS) is 11.4. The lowest BCUT2D eigenvalue weighted by Crippen LogP contribution is -2.14. The molecule has 0 aliphatic carbocycles. The van der Waals surface area contributed by atoms with E-state index in [1.54, 1.807) is 9.20 Å². The number of para-hydroxylation sites is 1. The van der Waals surface area contributed by atoms with Crippen LogP contribution in [0.5, 0.6) is 0 Å². The van der Waals surface area contributed by atoms with Gasteiger partial charge in [-0.25, -0.2) is 14.2 Å². The van der Waals surface area contributed by atoms with E-state index in [1.165, 1.54) is 17.5 Å². The minimum Gasteiger partial charge on any atom is -0.289 e. The zero-order chi connectivity index (χ0) is 23.2. The number of aromatic nitrogens is 6. The quantitative estimate of drug-likeness (QED) is 0.361. The van der Waals surface area contributed by atoms with E-state index in [0.717, 1.165) is 22.2 Å². The largest absolute Gasteiger partial charge is 0.289 e. The lowest BCUT2D eigenvalue weighted by atomic mass is 10.2. The molecule has 0 unspecified atom stereocenters. The Hall–Kier alpha value is -4.08. The number of hydrogen-bond acceptors (Lipinski definition) is 6. The molecular weight excluding hydrogens is 470 g/mol. The predicted molar refractivity (Wildman–Crippen MR) is 133 cm³/mol. The van der Waals surface area contributed by atoms with Crippen LogP contribution in [0.2, 0.25) is 5.02 Å². The molecule has 6 aromatic rings. The van der Waals surface area contributed by atoms with E-state index in [1.807, 2.05) is 73.0 Å². The van der Waals surface area contributed by atoms with Crippen molar-refractivity contribution in [3.8, 4) is 17.1 Å². The predicted octanol–water partition coefficient (Wildman–Crippen LogP) is 5.41. The van der Waals surface area contributed by atoms with Gasteiger partial charge in [0.05, 0.1) is 28.7 Å². The number of carbonyl (C=O) groups excluding carboxylic acids is 1. The maximum Gasteiger partial charge on any atom is 0.261 e. The number of anilines is 1. The number of pyridine rings is 1. The molecule has 0 saturated carbocycles. The Kier molecular flexibility index (Phi) is 4.86. The van der Waals surface area contributed by atoms with Crippen LogP contribution in [0.15, 0.2) is 72.2 Å². The molecule has 0 saturated heterocycles. The van der Waals surface area contributed by atoms with Crippen LogP contribution >= 0.6 is 22.9 Å². The number of rotatable bonds is 4. The molecule has 6 rings (SSSR count). The topological polar surface area (TPSA) is 90.0 Å². The summed E-state index contributed by atoms with van der Waals surface area (Å²) in [5.41, 5.74) is 3.78. The van der Waals surface area contributed by atoms with Crippen molar-refractivity contribution in [1.82, 2.24) is 29.4 Å². The zero-order valence-corrected chi connectivity index (χ0v) is 19.4. The zero-order valence-electron chi connectivity index (χ0n) is 17.8. The van der Waals surface area contributed by atoms with Crippen molar-refractivity contribution in [1.29, 1.82) is 0 Å². The molecule has 8 nitrogen and oxygen atoms in total. The standard InChI is InChI=1S/C24H16ClN7OS/c1-14-18(12-26-31(14)21-11-8-15-4-2-3-5-19(15)27-21)22(33)28-23-29-24-32(30-23)20(13-34-24)16-6-9-17(25)10-7-16/h2-13H,1H3,(H,28,30,33). The van der Waals surface area contributed by atoms with Gasteiger partial charge >= 0.3 is 0 Å². The molecule has 34 heavy (non-hydrogen) atoms. The Bertz CT molecular complexity index is 1680. The molecular formula is C24H16ClN7OS. The average Bonchev–Trinajstić information content (AvgIpc) is 3.53. The smallest absolute Gasteiger partial charge is 0.261 e. The maximum atomic E-state index is 13.0. The number of benzene rings is 2. The Morgan fingerprint density at radius 2 is 1.85 bits per heavy atom. The average molecular weight is 486 g/mol. The molecule has 4 aromatic heterocycles. The number of nitrogens with zero attached hydrogens (tertiary/aromatic N) is 6. The third kappa shape index (κ3) is 3.51. The molecule has 0 bridgehead atoms. The maximum absolute atomic E-state index is 13.0. The summed E-state index contributed by atoms with van der Waals surface area (Å²) in [7, 11) is 0. The van der Waals surface area contributed by atoms with Gasteiger partial charge in [0.1, 0.15) is 0 Å². The Balaban J connectivity index is 1.28.